The Morgan fingerprint density at radius 1 is 1.06 bits per heavy atom. The molecule has 3 N–H and O–H groups in total. The second kappa shape index (κ2) is 12.2. The van der Waals surface area contributed by atoms with Gasteiger partial charge in [-0.15, -0.1) is 0 Å². The molecule has 35 heavy (non-hydrogen) atoms. The SMILES string of the molecule is CC(C(=O)Nc1ccc(B(O)O)c(C#CS(C(C)C)(C(C)C)C(C)C)n1)N(C)C(=O)OC(C)(C)C. The molecule has 10 heteroatoms. The topological polar surface area (TPSA) is 112 Å². The number of amides is 2. The van der Waals surface area contributed by atoms with E-state index in [2.05, 4.69) is 63.0 Å². The molecule has 196 valence electrons. The minimum absolute atomic E-state index is 0.166. The number of hydrogen-bond donors (Lipinski definition) is 3. The van der Waals surface area contributed by atoms with Crippen molar-refractivity contribution in [2.45, 2.75) is 96.6 Å². The number of carbonyl (C=O) groups excluding carboxylic acids is 2. The molecule has 0 aliphatic carbocycles. The lowest BCUT2D eigenvalue weighted by Gasteiger charge is -2.46. The Morgan fingerprint density at radius 3 is 2.00 bits per heavy atom. The van der Waals surface area contributed by atoms with Crippen LogP contribution in [-0.4, -0.2) is 73.5 Å². The Balaban J connectivity index is 3.31. The standard InChI is InChI=1S/C25H42BN3O5S/c1-16(2)35(17(3)4,18(5)6)15-14-21-20(26(32)33)12-13-22(27-21)28-23(30)19(7)29(11)24(31)34-25(8,9)10/h12-13,16-19,32-33H,1-11H3,(H,27,28,30). The molecule has 1 aromatic heterocycles. The van der Waals surface area contributed by atoms with Crippen molar-refractivity contribution in [2.75, 3.05) is 12.4 Å². The van der Waals surface area contributed by atoms with Crippen LogP contribution >= 0.6 is 10.0 Å². The first-order chi connectivity index (χ1) is 15.9. The van der Waals surface area contributed by atoms with Gasteiger partial charge in [0.05, 0.1) is 0 Å². The molecule has 0 saturated heterocycles. The Morgan fingerprint density at radius 2 is 1.57 bits per heavy atom. The van der Waals surface area contributed by atoms with E-state index in [0.29, 0.717) is 15.7 Å². The maximum Gasteiger partial charge on any atom is 0.491 e. The molecule has 1 aromatic rings. The fourth-order valence-corrected chi connectivity index (χ4v) is 8.12. The lowest BCUT2D eigenvalue weighted by molar-refractivity contribution is -0.120. The predicted octanol–water partition coefficient (Wildman–Crippen LogP) is 3.29. The molecule has 0 spiro atoms. The van der Waals surface area contributed by atoms with Crippen LogP contribution in [0, 0.1) is 11.2 Å². The molecule has 0 aliphatic heterocycles. The summed E-state index contributed by atoms with van der Waals surface area (Å²) in [6.07, 6.45) is -0.617. The summed E-state index contributed by atoms with van der Waals surface area (Å²) in [7, 11) is -1.65. The molecule has 1 unspecified atom stereocenters. The van der Waals surface area contributed by atoms with Crippen molar-refractivity contribution >= 4 is 40.4 Å². The minimum atomic E-state index is -1.75. The Labute approximate surface area is 212 Å². The summed E-state index contributed by atoms with van der Waals surface area (Å²) in [6.45, 7) is 19.8. The minimum Gasteiger partial charge on any atom is -0.444 e. The van der Waals surface area contributed by atoms with E-state index in [1.54, 1.807) is 27.7 Å². The van der Waals surface area contributed by atoms with Gasteiger partial charge in [-0.25, -0.2) is 9.78 Å². The van der Waals surface area contributed by atoms with Gasteiger partial charge in [-0.2, -0.15) is 10.0 Å². The number of hydrogen-bond acceptors (Lipinski definition) is 6. The number of ether oxygens (including phenoxy) is 1. The molecule has 1 heterocycles. The second-order valence-corrected chi connectivity index (χ2v) is 15.0. The highest BCUT2D eigenvalue weighted by molar-refractivity contribution is 8.38. The number of rotatable bonds is 7. The number of nitrogens with zero attached hydrogens (tertiary/aromatic N) is 2. The van der Waals surface area contributed by atoms with E-state index in [-0.39, 0.29) is 17.0 Å². The van der Waals surface area contributed by atoms with Crippen LogP contribution in [0.2, 0.25) is 0 Å². The van der Waals surface area contributed by atoms with Crippen molar-refractivity contribution in [3.05, 3.63) is 17.8 Å². The largest absolute Gasteiger partial charge is 0.491 e. The summed E-state index contributed by atoms with van der Waals surface area (Å²) in [5.41, 5.74) is -0.319. The second-order valence-electron chi connectivity index (χ2n) is 10.4. The predicted molar refractivity (Wildman–Crippen MR) is 146 cm³/mol. The molecular weight excluding hydrogens is 465 g/mol. The van der Waals surface area contributed by atoms with Gasteiger partial charge < -0.3 is 20.1 Å². The van der Waals surface area contributed by atoms with Crippen LogP contribution in [0.15, 0.2) is 12.1 Å². The summed E-state index contributed by atoms with van der Waals surface area (Å²) in [6, 6.07) is 2.13. The van der Waals surface area contributed by atoms with Crippen molar-refractivity contribution in [1.82, 2.24) is 9.88 Å². The average molecular weight is 508 g/mol. The highest BCUT2D eigenvalue weighted by Gasteiger charge is 2.33. The highest BCUT2D eigenvalue weighted by atomic mass is 32.3. The van der Waals surface area contributed by atoms with Gasteiger partial charge in [-0.1, -0.05) is 47.6 Å². The number of nitrogens with one attached hydrogen (secondary N) is 1. The third kappa shape index (κ3) is 7.89. The van der Waals surface area contributed by atoms with Gasteiger partial charge >= 0.3 is 13.2 Å². The van der Waals surface area contributed by atoms with Gasteiger partial charge in [-0.05, 0) is 60.7 Å². The summed E-state index contributed by atoms with van der Waals surface area (Å²) >= 11 is 0. The fourth-order valence-electron chi connectivity index (χ4n) is 3.87. The fraction of sp³-hybridized carbons (Fsp3) is 0.640. The molecule has 0 aromatic carbocycles. The zero-order valence-electron chi connectivity index (χ0n) is 23.0. The number of carbonyl (C=O) groups is 2. The summed E-state index contributed by atoms with van der Waals surface area (Å²) in [5.74, 6) is 2.85. The Hall–Kier alpha value is -2.22. The van der Waals surface area contributed by atoms with E-state index < -0.39 is 40.8 Å². The van der Waals surface area contributed by atoms with E-state index in [4.69, 9.17) is 4.74 Å². The van der Waals surface area contributed by atoms with Crippen LogP contribution in [0.3, 0.4) is 0 Å². The van der Waals surface area contributed by atoms with Crippen molar-refractivity contribution < 1.29 is 24.4 Å². The summed E-state index contributed by atoms with van der Waals surface area (Å²) < 4.78 is 5.32. The molecule has 0 bridgehead atoms. The first-order valence-electron chi connectivity index (χ1n) is 11.9. The molecule has 0 saturated carbocycles. The molecule has 0 aliphatic rings. The van der Waals surface area contributed by atoms with Crippen molar-refractivity contribution in [2.24, 2.45) is 0 Å². The monoisotopic (exact) mass is 507 g/mol. The van der Waals surface area contributed by atoms with Crippen molar-refractivity contribution in [3.8, 4) is 11.2 Å². The normalized spacial score (nSPS) is 13.3. The van der Waals surface area contributed by atoms with E-state index in [9.17, 15) is 19.6 Å². The van der Waals surface area contributed by atoms with Gasteiger partial charge in [0, 0.05) is 12.5 Å². The van der Waals surface area contributed by atoms with Crippen molar-refractivity contribution in [1.29, 1.82) is 0 Å². The number of likely N-dealkylation sites (N-methyl/N-ethyl adjacent to an activating group) is 1. The van der Waals surface area contributed by atoms with Crippen LogP contribution in [-0.2, 0) is 9.53 Å². The van der Waals surface area contributed by atoms with Crippen LogP contribution in [0.5, 0.6) is 0 Å². The molecule has 2 amide bonds. The molecule has 8 nitrogen and oxygen atoms in total. The van der Waals surface area contributed by atoms with E-state index in [1.807, 2.05) is 0 Å². The van der Waals surface area contributed by atoms with E-state index in [0.717, 1.165) is 0 Å². The van der Waals surface area contributed by atoms with Gasteiger partial charge in [0.25, 0.3) is 0 Å². The average Bonchev–Trinajstić information content (AvgIpc) is 2.70. The first-order valence-corrected chi connectivity index (χ1v) is 13.7. The molecule has 1 rings (SSSR count). The van der Waals surface area contributed by atoms with Gasteiger partial charge in [0.15, 0.2) is 0 Å². The van der Waals surface area contributed by atoms with Crippen LogP contribution in [0.1, 0.15) is 74.9 Å². The van der Waals surface area contributed by atoms with Gasteiger partial charge in [-0.3, -0.25) is 9.69 Å². The Bertz CT molecular complexity index is 942. The lowest BCUT2D eigenvalue weighted by atomic mass is 9.79. The first kappa shape index (κ1) is 30.8. The number of aromatic nitrogens is 1. The maximum atomic E-state index is 12.8. The van der Waals surface area contributed by atoms with E-state index in [1.165, 1.54) is 24.1 Å². The van der Waals surface area contributed by atoms with E-state index >= 15 is 0 Å². The number of anilines is 1. The van der Waals surface area contributed by atoms with Crippen LogP contribution in [0.4, 0.5) is 10.6 Å². The quantitative estimate of drug-likeness (QED) is 0.386. The smallest absolute Gasteiger partial charge is 0.444 e. The molecule has 0 radical (unpaired) electrons. The van der Waals surface area contributed by atoms with Gasteiger partial charge in [0.1, 0.15) is 23.2 Å². The third-order valence-electron chi connectivity index (χ3n) is 5.78. The summed E-state index contributed by atoms with van der Waals surface area (Å²) in [4.78, 5) is 30.7. The highest BCUT2D eigenvalue weighted by Crippen LogP contribution is 2.59. The Kier molecular flexibility index (Phi) is 10.7. The molecular formula is C25H42BN3O5S. The van der Waals surface area contributed by atoms with Gasteiger partial charge in [0.2, 0.25) is 5.91 Å². The van der Waals surface area contributed by atoms with Crippen molar-refractivity contribution in [3.63, 3.8) is 0 Å². The number of pyridine rings is 1. The third-order valence-corrected chi connectivity index (χ3v) is 10.9. The van der Waals surface area contributed by atoms with Crippen LogP contribution in [0.25, 0.3) is 0 Å². The maximum absolute atomic E-state index is 12.8. The zero-order chi connectivity index (χ0) is 27.3. The molecule has 1 atom stereocenters. The van der Waals surface area contributed by atoms with Crippen LogP contribution < -0.4 is 10.8 Å². The summed E-state index contributed by atoms with van der Waals surface area (Å²) in [5, 5.41) is 26.9. The molecule has 0 fully saturated rings. The lowest BCUT2D eigenvalue weighted by Crippen LogP contribution is -2.45. The zero-order valence-corrected chi connectivity index (χ0v) is 23.8.